The molecule has 0 amide bonds. The summed E-state index contributed by atoms with van der Waals surface area (Å²) < 4.78 is 0. The molecule has 0 aliphatic heterocycles. The van der Waals surface area contributed by atoms with Crippen molar-refractivity contribution in [3.63, 3.8) is 0 Å². The highest BCUT2D eigenvalue weighted by molar-refractivity contribution is 5.94. The highest BCUT2D eigenvalue weighted by Gasteiger charge is 2.06. The second kappa shape index (κ2) is 3.76. The molecule has 0 atom stereocenters. The molecule has 0 radical (unpaired) electrons. The third kappa shape index (κ3) is 1.99. The summed E-state index contributed by atoms with van der Waals surface area (Å²) in [5.74, 6) is 0.0900. The lowest BCUT2D eigenvalue weighted by Crippen LogP contribution is -1.97. The number of nitrogens with one attached hydrogen (secondary N) is 1. The molecule has 0 aliphatic carbocycles. The maximum atomic E-state index is 11.2. The number of aromatic amines is 1. The van der Waals surface area contributed by atoms with Gasteiger partial charge in [-0.3, -0.25) is 4.79 Å². The van der Waals surface area contributed by atoms with E-state index in [2.05, 4.69) is 11.6 Å². The van der Waals surface area contributed by atoms with E-state index in [0.29, 0.717) is 18.5 Å². The summed E-state index contributed by atoms with van der Waals surface area (Å²) in [7, 11) is 0. The summed E-state index contributed by atoms with van der Waals surface area (Å²) in [5.41, 5.74) is 0.453. The van der Waals surface area contributed by atoms with Crippen LogP contribution in [0.5, 0.6) is 5.75 Å². The first-order chi connectivity index (χ1) is 5.74. The zero-order valence-electron chi connectivity index (χ0n) is 6.71. The summed E-state index contributed by atoms with van der Waals surface area (Å²) >= 11 is 0. The first-order valence-electron chi connectivity index (χ1n) is 3.75. The van der Waals surface area contributed by atoms with E-state index in [4.69, 9.17) is 5.11 Å². The van der Waals surface area contributed by atoms with Crippen molar-refractivity contribution >= 4 is 5.78 Å². The number of aromatic hydroxyl groups is 1. The molecular formula is C9H11NO2. The Bertz CT molecular complexity index is 288. The Labute approximate surface area is 70.7 Å². The zero-order valence-corrected chi connectivity index (χ0v) is 6.71. The van der Waals surface area contributed by atoms with Crippen LogP contribution in [0.15, 0.2) is 24.9 Å². The predicted octanol–water partition coefficient (Wildman–Crippen LogP) is 1.87. The minimum atomic E-state index is -0.00444. The quantitative estimate of drug-likeness (QED) is 0.528. The number of carbonyl (C=O) groups is 1. The fourth-order valence-corrected chi connectivity index (χ4v) is 0.912. The van der Waals surface area contributed by atoms with Crippen LogP contribution in [0.25, 0.3) is 0 Å². The van der Waals surface area contributed by atoms with Crippen LogP contribution in [0.4, 0.5) is 0 Å². The minimum Gasteiger partial charge on any atom is -0.506 e. The van der Waals surface area contributed by atoms with Crippen LogP contribution in [0.1, 0.15) is 23.3 Å². The van der Waals surface area contributed by atoms with Gasteiger partial charge in [0, 0.05) is 18.7 Å². The molecular weight excluding hydrogens is 154 g/mol. The largest absolute Gasteiger partial charge is 0.506 e. The number of Topliss-reactive ketones (excluding diaryl/α,β-unsaturated/α-hetero) is 1. The monoisotopic (exact) mass is 165 g/mol. The molecule has 3 heteroatoms. The molecule has 1 aromatic heterocycles. The van der Waals surface area contributed by atoms with Crippen LogP contribution >= 0.6 is 0 Å². The first-order valence-corrected chi connectivity index (χ1v) is 3.75. The van der Waals surface area contributed by atoms with E-state index < -0.39 is 0 Å². The molecule has 0 unspecified atom stereocenters. The SMILES string of the molecule is C=CCCC(=O)c1cc(O)c[nH]1. The maximum Gasteiger partial charge on any atom is 0.179 e. The average Bonchev–Trinajstić information content (AvgIpc) is 2.47. The van der Waals surface area contributed by atoms with E-state index in [1.54, 1.807) is 6.08 Å². The van der Waals surface area contributed by atoms with Crippen molar-refractivity contribution in [2.75, 3.05) is 0 Å². The van der Waals surface area contributed by atoms with Crippen molar-refractivity contribution in [2.24, 2.45) is 0 Å². The van der Waals surface area contributed by atoms with Crippen molar-refractivity contribution in [1.82, 2.24) is 4.98 Å². The molecule has 0 aliphatic rings. The summed E-state index contributed by atoms with van der Waals surface area (Å²) in [4.78, 5) is 13.9. The average molecular weight is 165 g/mol. The predicted molar refractivity (Wildman–Crippen MR) is 46.2 cm³/mol. The van der Waals surface area contributed by atoms with Crippen molar-refractivity contribution in [1.29, 1.82) is 0 Å². The van der Waals surface area contributed by atoms with E-state index in [1.807, 2.05) is 0 Å². The molecule has 0 aromatic carbocycles. The van der Waals surface area contributed by atoms with Gasteiger partial charge in [0.1, 0.15) is 5.75 Å². The second-order valence-corrected chi connectivity index (χ2v) is 2.52. The smallest absolute Gasteiger partial charge is 0.179 e. The minimum absolute atomic E-state index is 0.00444. The van der Waals surface area contributed by atoms with Gasteiger partial charge in [-0.25, -0.2) is 0 Å². The number of hydrogen-bond donors (Lipinski definition) is 2. The summed E-state index contributed by atoms with van der Waals surface area (Å²) in [6.07, 6.45) is 4.18. The molecule has 0 spiro atoms. The Morgan fingerprint density at radius 3 is 3.00 bits per heavy atom. The lowest BCUT2D eigenvalue weighted by atomic mass is 10.2. The molecule has 0 saturated heterocycles. The Morgan fingerprint density at radius 2 is 2.50 bits per heavy atom. The van der Waals surface area contributed by atoms with Gasteiger partial charge in [-0.05, 0) is 6.42 Å². The van der Waals surface area contributed by atoms with Gasteiger partial charge in [0.25, 0.3) is 0 Å². The lowest BCUT2D eigenvalue weighted by molar-refractivity contribution is 0.0979. The first kappa shape index (κ1) is 8.59. The van der Waals surface area contributed by atoms with Crippen molar-refractivity contribution < 1.29 is 9.90 Å². The van der Waals surface area contributed by atoms with Gasteiger partial charge >= 0.3 is 0 Å². The van der Waals surface area contributed by atoms with E-state index in [0.717, 1.165) is 0 Å². The van der Waals surface area contributed by atoms with Crippen LogP contribution in [-0.4, -0.2) is 15.9 Å². The molecule has 1 heterocycles. The number of allylic oxidation sites excluding steroid dienone is 1. The number of hydrogen-bond acceptors (Lipinski definition) is 2. The second-order valence-electron chi connectivity index (χ2n) is 2.52. The Balaban J connectivity index is 2.59. The molecule has 0 bridgehead atoms. The zero-order chi connectivity index (χ0) is 8.97. The fourth-order valence-electron chi connectivity index (χ4n) is 0.912. The number of ketones is 1. The van der Waals surface area contributed by atoms with Crippen molar-refractivity contribution in [2.45, 2.75) is 12.8 Å². The molecule has 3 nitrogen and oxygen atoms in total. The molecule has 0 saturated carbocycles. The van der Waals surface area contributed by atoms with Gasteiger partial charge in [0.05, 0.1) is 5.69 Å². The highest BCUT2D eigenvalue weighted by atomic mass is 16.3. The van der Waals surface area contributed by atoms with Crippen LogP contribution in [0.2, 0.25) is 0 Å². The number of aromatic nitrogens is 1. The standard InChI is InChI=1S/C9H11NO2/c1-2-3-4-9(12)8-5-7(11)6-10-8/h2,5-6,10-11H,1,3-4H2. The third-order valence-electron chi connectivity index (χ3n) is 1.54. The van der Waals surface area contributed by atoms with E-state index in [-0.39, 0.29) is 11.5 Å². The van der Waals surface area contributed by atoms with Gasteiger partial charge in [-0.15, -0.1) is 6.58 Å². The van der Waals surface area contributed by atoms with E-state index >= 15 is 0 Å². The van der Waals surface area contributed by atoms with Gasteiger partial charge < -0.3 is 10.1 Å². The summed E-state index contributed by atoms with van der Waals surface area (Å²) in [6.45, 7) is 3.52. The van der Waals surface area contributed by atoms with Crippen LogP contribution in [-0.2, 0) is 0 Å². The molecule has 2 N–H and O–H groups in total. The van der Waals surface area contributed by atoms with E-state index in [9.17, 15) is 4.79 Å². The van der Waals surface area contributed by atoms with Crippen LogP contribution in [0, 0.1) is 0 Å². The Hall–Kier alpha value is -1.51. The summed E-state index contributed by atoms with van der Waals surface area (Å²) in [5, 5.41) is 8.92. The fraction of sp³-hybridized carbons (Fsp3) is 0.222. The van der Waals surface area contributed by atoms with Gasteiger partial charge in [0.2, 0.25) is 0 Å². The van der Waals surface area contributed by atoms with Gasteiger partial charge in [0.15, 0.2) is 5.78 Å². The van der Waals surface area contributed by atoms with Crippen molar-refractivity contribution in [3.8, 4) is 5.75 Å². The number of carbonyl (C=O) groups excluding carboxylic acids is 1. The lowest BCUT2D eigenvalue weighted by Gasteiger charge is -1.92. The number of H-pyrrole nitrogens is 1. The molecule has 12 heavy (non-hydrogen) atoms. The molecule has 1 rings (SSSR count). The van der Waals surface area contributed by atoms with Crippen molar-refractivity contribution in [3.05, 3.63) is 30.6 Å². The van der Waals surface area contributed by atoms with Crippen LogP contribution < -0.4 is 0 Å². The van der Waals surface area contributed by atoms with Gasteiger partial charge in [-0.1, -0.05) is 6.08 Å². The van der Waals surface area contributed by atoms with E-state index in [1.165, 1.54) is 12.3 Å². The van der Waals surface area contributed by atoms with Gasteiger partial charge in [-0.2, -0.15) is 0 Å². The molecule has 64 valence electrons. The summed E-state index contributed by atoms with van der Waals surface area (Å²) in [6, 6.07) is 1.42. The highest BCUT2D eigenvalue weighted by Crippen LogP contribution is 2.11. The normalized spacial score (nSPS) is 9.67. The third-order valence-corrected chi connectivity index (χ3v) is 1.54. The number of rotatable bonds is 4. The topological polar surface area (TPSA) is 53.1 Å². The molecule has 0 fully saturated rings. The molecule has 1 aromatic rings. The maximum absolute atomic E-state index is 11.2. The Morgan fingerprint density at radius 1 is 1.75 bits per heavy atom. The van der Waals surface area contributed by atoms with Crippen LogP contribution in [0.3, 0.4) is 0 Å². The Kier molecular flexibility index (Phi) is 2.69.